The molecule has 1 rings (SSSR count). The summed E-state index contributed by atoms with van der Waals surface area (Å²) in [5, 5.41) is 0. The lowest BCUT2D eigenvalue weighted by molar-refractivity contribution is -0.163. The number of aromatic nitrogens is 1. The molecule has 6 nitrogen and oxygen atoms in total. The fourth-order valence-electron chi connectivity index (χ4n) is 2.04. The highest BCUT2D eigenvalue weighted by molar-refractivity contribution is 9.10. The predicted octanol–water partition coefficient (Wildman–Crippen LogP) is 3.05. The lowest BCUT2D eigenvalue weighted by Crippen LogP contribution is -2.30. The van der Waals surface area contributed by atoms with Crippen molar-refractivity contribution in [1.29, 1.82) is 0 Å². The Hall–Kier alpha value is -1.47. The number of nitrogens with zero attached hydrogens (tertiary/aromatic N) is 1. The summed E-state index contributed by atoms with van der Waals surface area (Å²) < 4.78 is 16.5. The third kappa shape index (κ3) is 6.27. The summed E-state index contributed by atoms with van der Waals surface area (Å²) in [7, 11) is 0. The Kier molecular flexibility index (Phi) is 8.79. The van der Waals surface area contributed by atoms with Crippen molar-refractivity contribution in [2.75, 3.05) is 19.8 Å². The molecule has 0 N–H and O–H groups in total. The predicted molar refractivity (Wildman–Crippen MR) is 87.7 cm³/mol. The largest absolute Gasteiger partial charge is 0.465 e. The van der Waals surface area contributed by atoms with Gasteiger partial charge in [0.1, 0.15) is 6.10 Å². The van der Waals surface area contributed by atoms with Gasteiger partial charge in [0.25, 0.3) is 0 Å². The number of carbonyl (C=O) groups is 2. The molecule has 0 aliphatic rings. The van der Waals surface area contributed by atoms with Crippen LogP contribution in [0.5, 0.6) is 0 Å². The van der Waals surface area contributed by atoms with Crippen LogP contribution in [0.15, 0.2) is 22.8 Å². The van der Waals surface area contributed by atoms with Gasteiger partial charge in [0.05, 0.1) is 18.9 Å². The first-order valence-electron chi connectivity index (χ1n) is 7.59. The summed E-state index contributed by atoms with van der Waals surface area (Å²) in [4.78, 5) is 28.4. The first-order valence-corrected chi connectivity index (χ1v) is 8.39. The van der Waals surface area contributed by atoms with E-state index in [2.05, 4.69) is 20.9 Å². The van der Waals surface area contributed by atoms with E-state index >= 15 is 0 Å². The fraction of sp³-hybridized carbons (Fsp3) is 0.562. The number of carbonyl (C=O) groups excluding carboxylic acids is 2. The van der Waals surface area contributed by atoms with Gasteiger partial charge in [-0.15, -0.1) is 0 Å². The lowest BCUT2D eigenvalue weighted by Gasteiger charge is -2.21. The first kappa shape index (κ1) is 19.6. The summed E-state index contributed by atoms with van der Waals surface area (Å²) in [6, 6.07) is 3.62. The SMILES string of the molecule is CCOC(=O)C(CC(OCC)c1ccc(Br)cn1)C(=O)OCC. The zero-order chi connectivity index (χ0) is 17.2. The van der Waals surface area contributed by atoms with E-state index in [4.69, 9.17) is 14.2 Å². The van der Waals surface area contributed by atoms with Crippen LogP contribution in [0.2, 0.25) is 0 Å². The molecule has 0 spiro atoms. The zero-order valence-electron chi connectivity index (χ0n) is 13.6. The van der Waals surface area contributed by atoms with Crippen molar-refractivity contribution in [1.82, 2.24) is 4.98 Å². The van der Waals surface area contributed by atoms with E-state index in [9.17, 15) is 9.59 Å². The third-order valence-electron chi connectivity index (χ3n) is 3.04. The molecule has 0 fully saturated rings. The van der Waals surface area contributed by atoms with Gasteiger partial charge in [0.15, 0.2) is 5.92 Å². The highest BCUT2D eigenvalue weighted by atomic mass is 79.9. The molecule has 0 bridgehead atoms. The highest BCUT2D eigenvalue weighted by Crippen LogP contribution is 2.26. The van der Waals surface area contributed by atoms with Gasteiger partial charge in [-0.1, -0.05) is 0 Å². The van der Waals surface area contributed by atoms with Crippen molar-refractivity contribution in [2.45, 2.75) is 33.3 Å². The van der Waals surface area contributed by atoms with Gasteiger partial charge in [-0.2, -0.15) is 0 Å². The van der Waals surface area contributed by atoms with Crippen molar-refractivity contribution in [3.63, 3.8) is 0 Å². The van der Waals surface area contributed by atoms with Gasteiger partial charge in [-0.25, -0.2) is 0 Å². The molecule has 1 heterocycles. The summed E-state index contributed by atoms with van der Waals surface area (Å²) in [5.41, 5.74) is 0.647. The van der Waals surface area contributed by atoms with Crippen LogP contribution in [-0.2, 0) is 23.8 Å². The number of halogens is 1. The molecule has 1 aromatic heterocycles. The highest BCUT2D eigenvalue weighted by Gasteiger charge is 2.33. The quantitative estimate of drug-likeness (QED) is 0.478. The molecule has 1 atom stereocenters. The third-order valence-corrected chi connectivity index (χ3v) is 3.51. The van der Waals surface area contributed by atoms with E-state index in [0.717, 1.165) is 4.47 Å². The van der Waals surface area contributed by atoms with E-state index in [1.165, 1.54) is 0 Å². The molecule has 23 heavy (non-hydrogen) atoms. The van der Waals surface area contributed by atoms with E-state index in [0.29, 0.717) is 12.3 Å². The molecule has 1 unspecified atom stereocenters. The molecule has 0 aliphatic heterocycles. The Labute approximate surface area is 144 Å². The summed E-state index contributed by atoms with van der Waals surface area (Å²) in [6.07, 6.45) is 1.28. The molecule has 0 saturated heterocycles. The van der Waals surface area contributed by atoms with E-state index in [1.54, 1.807) is 26.1 Å². The minimum Gasteiger partial charge on any atom is -0.465 e. The van der Waals surface area contributed by atoms with Gasteiger partial charge >= 0.3 is 11.9 Å². The average Bonchev–Trinajstić information content (AvgIpc) is 2.52. The molecule has 0 amide bonds. The topological polar surface area (TPSA) is 74.7 Å². The maximum Gasteiger partial charge on any atom is 0.320 e. The van der Waals surface area contributed by atoms with Crippen LogP contribution in [0.4, 0.5) is 0 Å². The van der Waals surface area contributed by atoms with Gasteiger partial charge in [0, 0.05) is 23.7 Å². The molecule has 0 saturated carbocycles. The number of esters is 2. The summed E-state index contributed by atoms with van der Waals surface area (Å²) in [5.74, 6) is -2.24. The van der Waals surface area contributed by atoms with Crippen LogP contribution in [0, 0.1) is 5.92 Å². The smallest absolute Gasteiger partial charge is 0.320 e. The molecule has 7 heteroatoms. The summed E-state index contributed by atoms with van der Waals surface area (Å²) in [6.45, 7) is 6.05. The molecular weight excluding hydrogens is 366 g/mol. The molecule has 0 radical (unpaired) electrons. The van der Waals surface area contributed by atoms with Crippen molar-refractivity contribution < 1.29 is 23.8 Å². The number of hydrogen-bond acceptors (Lipinski definition) is 6. The van der Waals surface area contributed by atoms with Crippen molar-refractivity contribution >= 4 is 27.9 Å². The second kappa shape index (κ2) is 10.3. The van der Waals surface area contributed by atoms with Crippen molar-refractivity contribution in [2.24, 2.45) is 5.92 Å². The molecule has 1 aromatic rings. The van der Waals surface area contributed by atoms with Crippen LogP contribution in [0.1, 0.15) is 39.0 Å². The van der Waals surface area contributed by atoms with E-state index in [-0.39, 0.29) is 19.6 Å². The first-order chi connectivity index (χ1) is 11.0. The minimum atomic E-state index is -1.03. The normalized spacial score (nSPS) is 12.0. The Balaban J connectivity index is 2.96. The van der Waals surface area contributed by atoms with Gasteiger partial charge < -0.3 is 14.2 Å². The van der Waals surface area contributed by atoms with Crippen molar-refractivity contribution in [3.05, 3.63) is 28.5 Å². The minimum absolute atomic E-state index is 0.125. The van der Waals surface area contributed by atoms with Crippen molar-refractivity contribution in [3.8, 4) is 0 Å². The molecule has 128 valence electrons. The Morgan fingerprint density at radius 2 is 1.70 bits per heavy atom. The zero-order valence-corrected chi connectivity index (χ0v) is 15.2. The number of pyridine rings is 1. The van der Waals surface area contributed by atoms with Crippen LogP contribution in [0.25, 0.3) is 0 Å². The number of rotatable bonds is 9. The van der Waals surface area contributed by atoms with Gasteiger partial charge in [-0.05, 0) is 48.8 Å². The number of hydrogen-bond donors (Lipinski definition) is 0. The Bertz CT molecular complexity index is 488. The molecule has 0 aromatic carbocycles. The second-order valence-corrected chi connectivity index (χ2v) is 5.55. The lowest BCUT2D eigenvalue weighted by atomic mass is 9.99. The second-order valence-electron chi connectivity index (χ2n) is 4.64. The summed E-state index contributed by atoms with van der Waals surface area (Å²) >= 11 is 3.32. The van der Waals surface area contributed by atoms with Gasteiger partial charge in [0.2, 0.25) is 0 Å². The van der Waals surface area contributed by atoms with Crippen LogP contribution < -0.4 is 0 Å². The fourth-order valence-corrected chi connectivity index (χ4v) is 2.28. The maximum absolute atomic E-state index is 12.1. The Morgan fingerprint density at radius 1 is 1.09 bits per heavy atom. The monoisotopic (exact) mass is 387 g/mol. The molecular formula is C16H22BrNO5. The van der Waals surface area contributed by atoms with E-state index in [1.807, 2.05) is 13.0 Å². The maximum atomic E-state index is 12.1. The average molecular weight is 388 g/mol. The molecule has 0 aliphatic carbocycles. The van der Waals surface area contributed by atoms with Gasteiger partial charge in [-0.3, -0.25) is 14.6 Å². The van der Waals surface area contributed by atoms with E-state index < -0.39 is 24.0 Å². The number of ether oxygens (including phenoxy) is 3. The Morgan fingerprint density at radius 3 is 2.13 bits per heavy atom. The van der Waals surface area contributed by atoms with Crippen LogP contribution in [-0.4, -0.2) is 36.7 Å². The van der Waals surface area contributed by atoms with Crippen LogP contribution in [0.3, 0.4) is 0 Å². The standard InChI is InChI=1S/C16H22BrNO5/c1-4-21-14(13-8-7-11(17)10-18-13)9-12(15(19)22-5-2)16(20)23-6-3/h7-8,10,12,14H,4-6,9H2,1-3H3. The van der Waals surface area contributed by atoms with Crippen LogP contribution >= 0.6 is 15.9 Å².